The SMILES string of the molecule is CC1CC(=O)N(CCCCCC(=O)NC[C@@H](NC(=O)CC(C)(C)CC(C)(C)CC(=O)O)C(=O)O)C1=O. The summed E-state index contributed by atoms with van der Waals surface area (Å²) < 4.78 is 0. The zero-order chi connectivity index (χ0) is 27.7. The van der Waals surface area contributed by atoms with Crippen LogP contribution in [0.15, 0.2) is 0 Å². The summed E-state index contributed by atoms with van der Waals surface area (Å²) in [6, 6.07) is -1.29. The molecule has 0 aromatic heterocycles. The number of hydrogen-bond acceptors (Lipinski definition) is 6. The van der Waals surface area contributed by atoms with Crippen LogP contribution in [0.2, 0.25) is 0 Å². The minimum Gasteiger partial charge on any atom is -0.481 e. The second-order valence-electron chi connectivity index (χ2n) is 11.3. The molecular formula is C25H41N3O8. The van der Waals surface area contributed by atoms with Crippen LogP contribution in [0, 0.1) is 16.7 Å². The summed E-state index contributed by atoms with van der Waals surface area (Å²) in [5, 5.41) is 23.5. The number of nitrogens with one attached hydrogen (secondary N) is 2. The normalized spacial score (nSPS) is 17.1. The minimum atomic E-state index is -1.29. The molecule has 1 rings (SSSR count). The zero-order valence-electron chi connectivity index (χ0n) is 22.0. The van der Waals surface area contributed by atoms with E-state index in [1.165, 1.54) is 4.90 Å². The van der Waals surface area contributed by atoms with Gasteiger partial charge in [-0.15, -0.1) is 0 Å². The number of rotatable bonds is 16. The fourth-order valence-corrected chi connectivity index (χ4v) is 4.83. The van der Waals surface area contributed by atoms with Crippen molar-refractivity contribution in [1.29, 1.82) is 0 Å². The van der Waals surface area contributed by atoms with Crippen LogP contribution in [0.25, 0.3) is 0 Å². The zero-order valence-corrected chi connectivity index (χ0v) is 22.0. The Hall–Kier alpha value is -2.98. The average Bonchev–Trinajstić information content (AvgIpc) is 2.93. The number of likely N-dealkylation sites (tertiary alicyclic amines) is 1. The number of imide groups is 1. The van der Waals surface area contributed by atoms with E-state index in [2.05, 4.69) is 10.6 Å². The highest BCUT2D eigenvalue weighted by molar-refractivity contribution is 6.03. The Morgan fingerprint density at radius 1 is 0.972 bits per heavy atom. The minimum absolute atomic E-state index is 0.00851. The Morgan fingerprint density at radius 2 is 1.58 bits per heavy atom. The number of hydrogen-bond donors (Lipinski definition) is 4. The van der Waals surface area contributed by atoms with Crippen molar-refractivity contribution in [3.8, 4) is 0 Å². The van der Waals surface area contributed by atoms with Gasteiger partial charge in [0, 0.05) is 38.3 Å². The van der Waals surface area contributed by atoms with E-state index in [0.717, 1.165) is 0 Å². The number of carbonyl (C=O) groups excluding carboxylic acids is 4. The Kier molecular flexibility index (Phi) is 11.5. The molecule has 4 amide bonds. The fraction of sp³-hybridized carbons (Fsp3) is 0.760. The van der Waals surface area contributed by atoms with Crippen molar-refractivity contribution in [2.45, 2.75) is 92.0 Å². The molecule has 1 fully saturated rings. The Bertz CT molecular complexity index is 852. The van der Waals surface area contributed by atoms with Gasteiger partial charge in [-0.1, -0.05) is 41.0 Å². The predicted molar refractivity (Wildman–Crippen MR) is 131 cm³/mol. The van der Waals surface area contributed by atoms with Gasteiger partial charge in [-0.25, -0.2) is 4.79 Å². The summed E-state index contributed by atoms with van der Waals surface area (Å²) in [5.41, 5.74) is -1.09. The van der Waals surface area contributed by atoms with Crippen molar-refractivity contribution in [3.63, 3.8) is 0 Å². The molecule has 0 saturated carbocycles. The van der Waals surface area contributed by atoms with E-state index in [0.29, 0.717) is 32.2 Å². The van der Waals surface area contributed by atoms with Crippen molar-refractivity contribution in [2.75, 3.05) is 13.1 Å². The van der Waals surface area contributed by atoms with E-state index in [9.17, 15) is 33.9 Å². The number of unbranched alkanes of at least 4 members (excludes halogenated alkanes) is 2. The van der Waals surface area contributed by atoms with Crippen LogP contribution in [0.1, 0.15) is 86.0 Å². The maximum absolute atomic E-state index is 12.5. The van der Waals surface area contributed by atoms with Crippen molar-refractivity contribution in [2.24, 2.45) is 16.7 Å². The molecule has 4 N–H and O–H groups in total. The number of amides is 4. The largest absolute Gasteiger partial charge is 0.481 e. The van der Waals surface area contributed by atoms with Crippen molar-refractivity contribution >= 4 is 35.6 Å². The summed E-state index contributed by atoms with van der Waals surface area (Å²) in [6.07, 6.45) is 2.54. The second-order valence-corrected chi connectivity index (χ2v) is 11.3. The average molecular weight is 512 g/mol. The standard InChI is InChI=1S/C25H41N3O8/c1-16-11-20(31)28(22(16)34)10-8-6-7-9-18(29)26-14-17(23(35)36)27-19(30)12-24(2,3)15-25(4,5)13-21(32)33/h16-17H,6-15H2,1-5H3,(H,26,29)(H,27,30)(H,32,33)(H,35,36)/t16?,17-/m1/s1. The topological polar surface area (TPSA) is 170 Å². The quantitative estimate of drug-likeness (QED) is 0.180. The number of aliphatic carboxylic acids is 2. The summed E-state index contributed by atoms with van der Waals surface area (Å²) in [7, 11) is 0. The number of carboxylic acids is 2. The molecule has 0 aromatic carbocycles. The molecule has 2 atom stereocenters. The number of carbonyl (C=O) groups is 6. The molecule has 1 aliphatic heterocycles. The first-order chi connectivity index (χ1) is 16.5. The molecule has 0 aliphatic carbocycles. The van der Waals surface area contributed by atoms with E-state index in [4.69, 9.17) is 5.11 Å². The van der Waals surface area contributed by atoms with Gasteiger partial charge in [0.25, 0.3) is 0 Å². The van der Waals surface area contributed by atoms with E-state index in [-0.39, 0.29) is 55.9 Å². The van der Waals surface area contributed by atoms with Gasteiger partial charge in [0.1, 0.15) is 6.04 Å². The molecule has 204 valence electrons. The highest BCUT2D eigenvalue weighted by Crippen LogP contribution is 2.38. The molecule has 0 bridgehead atoms. The van der Waals surface area contributed by atoms with Gasteiger partial charge in [-0.3, -0.25) is 28.9 Å². The lowest BCUT2D eigenvalue weighted by molar-refractivity contribution is -0.142. The first-order valence-corrected chi connectivity index (χ1v) is 12.4. The molecular weight excluding hydrogens is 470 g/mol. The van der Waals surface area contributed by atoms with Crippen LogP contribution in [-0.2, 0) is 28.8 Å². The summed E-state index contributed by atoms with van der Waals surface area (Å²) in [4.78, 5) is 72.1. The van der Waals surface area contributed by atoms with Gasteiger partial charge in [0.05, 0.1) is 6.42 Å². The molecule has 11 heteroatoms. The van der Waals surface area contributed by atoms with Crippen LogP contribution >= 0.6 is 0 Å². The van der Waals surface area contributed by atoms with Gasteiger partial charge in [0.15, 0.2) is 0 Å². The van der Waals surface area contributed by atoms with Gasteiger partial charge in [0.2, 0.25) is 23.6 Å². The molecule has 0 radical (unpaired) electrons. The third-order valence-corrected chi connectivity index (χ3v) is 6.12. The van der Waals surface area contributed by atoms with Crippen LogP contribution in [0.5, 0.6) is 0 Å². The Labute approximate surface area is 212 Å². The monoisotopic (exact) mass is 511 g/mol. The van der Waals surface area contributed by atoms with Gasteiger partial charge < -0.3 is 20.8 Å². The second kappa shape index (κ2) is 13.4. The maximum atomic E-state index is 12.5. The lowest BCUT2D eigenvalue weighted by atomic mass is 9.72. The van der Waals surface area contributed by atoms with Gasteiger partial charge in [-0.05, 0) is 30.1 Å². The van der Waals surface area contributed by atoms with Crippen molar-refractivity contribution < 1.29 is 39.0 Å². The summed E-state index contributed by atoms with van der Waals surface area (Å²) >= 11 is 0. The smallest absolute Gasteiger partial charge is 0.328 e. The molecule has 0 aromatic rings. The Balaban J connectivity index is 2.39. The number of nitrogens with zero attached hydrogens (tertiary/aromatic N) is 1. The molecule has 11 nitrogen and oxygen atoms in total. The van der Waals surface area contributed by atoms with Gasteiger partial charge in [-0.2, -0.15) is 0 Å². The highest BCUT2D eigenvalue weighted by atomic mass is 16.4. The van der Waals surface area contributed by atoms with Crippen LogP contribution in [-0.4, -0.2) is 69.8 Å². The third-order valence-electron chi connectivity index (χ3n) is 6.12. The highest BCUT2D eigenvalue weighted by Gasteiger charge is 2.35. The van der Waals surface area contributed by atoms with E-state index < -0.39 is 34.7 Å². The lowest BCUT2D eigenvalue weighted by Crippen LogP contribution is -2.49. The molecule has 1 aliphatic rings. The van der Waals surface area contributed by atoms with Crippen molar-refractivity contribution in [1.82, 2.24) is 15.5 Å². The van der Waals surface area contributed by atoms with E-state index >= 15 is 0 Å². The lowest BCUT2D eigenvalue weighted by Gasteiger charge is -2.34. The molecule has 1 unspecified atom stereocenters. The van der Waals surface area contributed by atoms with Gasteiger partial charge >= 0.3 is 11.9 Å². The molecule has 36 heavy (non-hydrogen) atoms. The molecule has 1 heterocycles. The first-order valence-electron chi connectivity index (χ1n) is 12.4. The maximum Gasteiger partial charge on any atom is 0.328 e. The van der Waals surface area contributed by atoms with Crippen molar-refractivity contribution in [3.05, 3.63) is 0 Å². The van der Waals surface area contributed by atoms with Crippen LogP contribution in [0.4, 0.5) is 0 Å². The van der Waals surface area contributed by atoms with E-state index in [1.54, 1.807) is 6.92 Å². The molecule has 0 spiro atoms. The first kappa shape index (κ1) is 31.1. The third kappa shape index (κ3) is 11.2. The fourth-order valence-electron chi connectivity index (χ4n) is 4.83. The van der Waals surface area contributed by atoms with E-state index in [1.807, 2.05) is 27.7 Å². The predicted octanol–water partition coefficient (Wildman–Crippen LogP) is 1.93. The number of carboxylic acid groups (broad SMARTS) is 2. The Morgan fingerprint density at radius 3 is 2.11 bits per heavy atom. The molecule has 1 saturated heterocycles. The summed E-state index contributed by atoms with van der Waals surface area (Å²) in [5.74, 6) is -3.65. The van der Waals surface area contributed by atoms with Crippen LogP contribution < -0.4 is 10.6 Å². The van der Waals surface area contributed by atoms with Crippen LogP contribution in [0.3, 0.4) is 0 Å². The summed E-state index contributed by atoms with van der Waals surface area (Å²) in [6.45, 7) is 9.06.